The standard InChI is InChI=1S/C28H28ClN5O2/c1-3-17-33(28(36)30-23-13-9-20(2)10-14-23)19-27(35)31-26-18-25(21-7-5-4-6-8-21)32-34(26)24-15-11-22(29)12-16-24/h4-16,18H,3,17,19H2,1-2H3,(H,30,36)(H,31,35). The van der Waals surface area contributed by atoms with Gasteiger partial charge < -0.3 is 15.5 Å². The molecule has 0 bridgehead atoms. The number of benzene rings is 3. The molecule has 2 N–H and O–H groups in total. The molecule has 0 aliphatic carbocycles. The lowest BCUT2D eigenvalue weighted by Gasteiger charge is -2.22. The molecule has 0 saturated carbocycles. The molecule has 184 valence electrons. The zero-order valence-electron chi connectivity index (χ0n) is 20.2. The van der Waals surface area contributed by atoms with Gasteiger partial charge in [-0.15, -0.1) is 0 Å². The number of halogens is 1. The lowest BCUT2D eigenvalue weighted by Crippen LogP contribution is -2.41. The zero-order chi connectivity index (χ0) is 25.5. The van der Waals surface area contributed by atoms with Crippen LogP contribution in [0.1, 0.15) is 18.9 Å². The van der Waals surface area contributed by atoms with Crippen molar-refractivity contribution in [1.29, 1.82) is 0 Å². The summed E-state index contributed by atoms with van der Waals surface area (Å²) in [5.74, 6) is 0.175. The second-order valence-corrected chi connectivity index (χ2v) is 8.87. The molecule has 8 heteroatoms. The highest BCUT2D eigenvalue weighted by molar-refractivity contribution is 6.30. The molecule has 0 spiro atoms. The molecule has 0 aliphatic heterocycles. The third-order valence-corrected chi connectivity index (χ3v) is 5.79. The molecule has 36 heavy (non-hydrogen) atoms. The Morgan fingerprint density at radius 3 is 2.31 bits per heavy atom. The van der Waals surface area contributed by atoms with Crippen LogP contribution in [0.5, 0.6) is 0 Å². The van der Waals surface area contributed by atoms with Gasteiger partial charge in [0.15, 0.2) is 0 Å². The van der Waals surface area contributed by atoms with E-state index in [0.29, 0.717) is 28.8 Å². The fourth-order valence-electron chi connectivity index (χ4n) is 3.72. The maximum atomic E-state index is 13.1. The van der Waals surface area contributed by atoms with Crippen molar-refractivity contribution in [3.8, 4) is 16.9 Å². The summed E-state index contributed by atoms with van der Waals surface area (Å²) in [5, 5.41) is 11.1. The smallest absolute Gasteiger partial charge is 0.315 e. The van der Waals surface area contributed by atoms with E-state index in [4.69, 9.17) is 16.7 Å². The Balaban J connectivity index is 1.54. The van der Waals surface area contributed by atoms with E-state index in [1.54, 1.807) is 16.8 Å². The highest BCUT2D eigenvalue weighted by Gasteiger charge is 2.19. The van der Waals surface area contributed by atoms with E-state index in [1.807, 2.05) is 86.6 Å². The number of urea groups is 1. The summed E-state index contributed by atoms with van der Waals surface area (Å²) in [5.41, 5.74) is 4.17. The Hall–Kier alpha value is -4.10. The number of aryl methyl sites for hydroxylation is 1. The molecule has 3 amide bonds. The third-order valence-electron chi connectivity index (χ3n) is 5.54. The predicted octanol–water partition coefficient (Wildman–Crippen LogP) is 6.38. The first-order chi connectivity index (χ1) is 17.4. The summed E-state index contributed by atoms with van der Waals surface area (Å²) in [6.45, 7) is 4.29. The first-order valence-corrected chi connectivity index (χ1v) is 12.1. The first-order valence-electron chi connectivity index (χ1n) is 11.8. The fourth-order valence-corrected chi connectivity index (χ4v) is 3.84. The largest absolute Gasteiger partial charge is 0.322 e. The van der Waals surface area contributed by atoms with Gasteiger partial charge in [0.1, 0.15) is 12.4 Å². The summed E-state index contributed by atoms with van der Waals surface area (Å²) < 4.78 is 1.66. The quantitative estimate of drug-likeness (QED) is 0.294. The number of hydrogen-bond donors (Lipinski definition) is 2. The van der Waals surface area contributed by atoms with Gasteiger partial charge in [-0.3, -0.25) is 4.79 Å². The molecule has 4 aromatic rings. The number of carbonyl (C=O) groups excluding carboxylic acids is 2. The van der Waals surface area contributed by atoms with Crippen LogP contribution in [0.25, 0.3) is 16.9 Å². The SMILES string of the molecule is CCCN(CC(=O)Nc1cc(-c2ccccc2)nn1-c1ccc(Cl)cc1)C(=O)Nc1ccc(C)cc1. The van der Waals surface area contributed by atoms with E-state index in [2.05, 4.69) is 10.6 Å². The van der Waals surface area contributed by atoms with Gasteiger partial charge in [-0.2, -0.15) is 5.10 Å². The number of anilines is 2. The predicted molar refractivity (Wildman–Crippen MR) is 145 cm³/mol. The molecule has 0 unspecified atom stereocenters. The second-order valence-electron chi connectivity index (χ2n) is 8.43. The second kappa shape index (κ2) is 11.6. The molecular weight excluding hydrogens is 474 g/mol. The van der Waals surface area contributed by atoms with E-state index < -0.39 is 0 Å². The highest BCUT2D eigenvalue weighted by atomic mass is 35.5. The molecule has 0 saturated heterocycles. The minimum absolute atomic E-state index is 0.0992. The maximum absolute atomic E-state index is 13.1. The molecule has 1 aromatic heterocycles. The van der Waals surface area contributed by atoms with Crippen molar-refractivity contribution in [1.82, 2.24) is 14.7 Å². The highest BCUT2D eigenvalue weighted by Crippen LogP contribution is 2.25. The minimum Gasteiger partial charge on any atom is -0.315 e. The van der Waals surface area contributed by atoms with Crippen molar-refractivity contribution >= 4 is 35.0 Å². The molecule has 0 radical (unpaired) electrons. The van der Waals surface area contributed by atoms with E-state index in [0.717, 1.165) is 23.2 Å². The number of carbonyl (C=O) groups is 2. The summed E-state index contributed by atoms with van der Waals surface area (Å²) in [6.07, 6.45) is 0.718. The normalized spacial score (nSPS) is 10.6. The third kappa shape index (κ3) is 6.31. The number of hydrogen-bond acceptors (Lipinski definition) is 3. The molecule has 7 nitrogen and oxygen atoms in total. The van der Waals surface area contributed by atoms with Gasteiger partial charge in [0.25, 0.3) is 0 Å². The van der Waals surface area contributed by atoms with Crippen molar-refractivity contribution in [3.05, 3.63) is 95.5 Å². The molecule has 1 heterocycles. The van der Waals surface area contributed by atoms with Crippen molar-refractivity contribution in [2.45, 2.75) is 20.3 Å². The first kappa shape index (κ1) is 25.0. The van der Waals surface area contributed by atoms with Crippen LogP contribution in [-0.2, 0) is 4.79 Å². The molecule has 3 aromatic carbocycles. The van der Waals surface area contributed by atoms with Crippen LogP contribution in [0.2, 0.25) is 5.02 Å². The van der Waals surface area contributed by atoms with E-state index in [-0.39, 0.29) is 18.5 Å². The number of rotatable bonds is 8. The van der Waals surface area contributed by atoms with Gasteiger partial charge in [0.2, 0.25) is 5.91 Å². The maximum Gasteiger partial charge on any atom is 0.322 e. The molecular formula is C28H28ClN5O2. The summed E-state index contributed by atoms with van der Waals surface area (Å²) in [6, 6.07) is 25.9. The van der Waals surface area contributed by atoms with Gasteiger partial charge in [-0.05, 0) is 49.7 Å². The number of nitrogens with zero attached hydrogens (tertiary/aromatic N) is 3. The lowest BCUT2D eigenvalue weighted by atomic mass is 10.1. The Morgan fingerprint density at radius 2 is 1.64 bits per heavy atom. The fraction of sp³-hybridized carbons (Fsp3) is 0.179. The average Bonchev–Trinajstić information content (AvgIpc) is 3.29. The van der Waals surface area contributed by atoms with E-state index in [9.17, 15) is 9.59 Å². The Labute approximate surface area is 215 Å². The Bertz CT molecular complexity index is 1320. The topological polar surface area (TPSA) is 79.3 Å². The van der Waals surface area contributed by atoms with Gasteiger partial charge in [-0.25, -0.2) is 9.48 Å². The van der Waals surface area contributed by atoms with E-state index >= 15 is 0 Å². The number of nitrogens with one attached hydrogen (secondary N) is 2. The van der Waals surface area contributed by atoms with Crippen molar-refractivity contribution in [3.63, 3.8) is 0 Å². The van der Waals surface area contributed by atoms with Gasteiger partial charge in [-0.1, -0.05) is 66.6 Å². The van der Waals surface area contributed by atoms with Crippen LogP contribution in [0, 0.1) is 6.92 Å². The van der Waals surface area contributed by atoms with Crippen molar-refractivity contribution in [2.75, 3.05) is 23.7 Å². The van der Waals surface area contributed by atoms with Gasteiger partial charge in [0, 0.05) is 28.9 Å². The van der Waals surface area contributed by atoms with Crippen molar-refractivity contribution in [2.24, 2.45) is 0 Å². The van der Waals surface area contributed by atoms with Crippen LogP contribution in [-0.4, -0.2) is 39.7 Å². The number of amides is 3. The molecule has 0 atom stereocenters. The van der Waals surface area contributed by atoms with Crippen LogP contribution >= 0.6 is 11.6 Å². The summed E-state index contributed by atoms with van der Waals surface area (Å²) in [7, 11) is 0. The van der Waals surface area contributed by atoms with Crippen LogP contribution in [0.3, 0.4) is 0 Å². The van der Waals surface area contributed by atoms with Gasteiger partial charge in [0.05, 0.1) is 11.4 Å². The zero-order valence-corrected chi connectivity index (χ0v) is 21.0. The molecule has 0 aliphatic rings. The average molecular weight is 502 g/mol. The summed E-state index contributed by atoms with van der Waals surface area (Å²) >= 11 is 6.06. The Kier molecular flexibility index (Phi) is 8.02. The van der Waals surface area contributed by atoms with Crippen LogP contribution < -0.4 is 10.6 Å². The van der Waals surface area contributed by atoms with E-state index in [1.165, 1.54) is 4.90 Å². The molecule has 4 rings (SSSR count). The van der Waals surface area contributed by atoms with Crippen molar-refractivity contribution < 1.29 is 9.59 Å². The minimum atomic E-state index is -0.327. The Morgan fingerprint density at radius 1 is 0.944 bits per heavy atom. The lowest BCUT2D eigenvalue weighted by molar-refractivity contribution is -0.116. The van der Waals surface area contributed by atoms with Crippen LogP contribution in [0.15, 0.2) is 84.9 Å². The van der Waals surface area contributed by atoms with Crippen LogP contribution in [0.4, 0.5) is 16.3 Å². The molecule has 0 fully saturated rings. The summed E-state index contributed by atoms with van der Waals surface area (Å²) in [4.78, 5) is 27.5. The monoisotopic (exact) mass is 501 g/mol. The number of aromatic nitrogens is 2. The van der Waals surface area contributed by atoms with Gasteiger partial charge >= 0.3 is 6.03 Å².